The molecular formula is C9H13ClN4O2S2. The van der Waals surface area contributed by atoms with Crippen molar-refractivity contribution in [2.24, 2.45) is 0 Å². The van der Waals surface area contributed by atoms with Crippen LogP contribution in [-0.4, -0.2) is 28.6 Å². The molecule has 1 rings (SSSR count). The fourth-order valence-electron chi connectivity index (χ4n) is 1.07. The molecule has 0 fully saturated rings. The van der Waals surface area contributed by atoms with Crippen LogP contribution in [0, 0.1) is 10.1 Å². The first kappa shape index (κ1) is 15.1. The van der Waals surface area contributed by atoms with Crippen molar-refractivity contribution >= 4 is 34.9 Å². The monoisotopic (exact) mass is 308 g/mol. The van der Waals surface area contributed by atoms with Gasteiger partial charge in [-0.05, 0) is 11.5 Å². The Kier molecular flexibility index (Phi) is 6.84. The first-order chi connectivity index (χ1) is 8.63. The molecule has 0 aliphatic heterocycles. The highest BCUT2D eigenvalue weighted by Gasteiger charge is 2.03. The quantitative estimate of drug-likeness (QED) is 0.434. The summed E-state index contributed by atoms with van der Waals surface area (Å²) in [5.74, 6) is 1.95. The summed E-state index contributed by atoms with van der Waals surface area (Å²) in [5, 5.41) is 18.4. The minimum absolute atomic E-state index is 0.396. The van der Waals surface area contributed by atoms with Gasteiger partial charge in [-0.15, -0.1) is 0 Å². The van der Waals surface area contributed by atoms with Crippen LogP contribution in [0.1, 0.15) is 5.69 Å². The number of rotatable bonds is 8. The van der Waals surface area contributed by atoms with Gasteiger partial charge in [0.1, 0.15) is 0 Å². The number of thioether (sulfide) groups is 1. The van der Waals surface area contributed by atoms with E-state index in [2.05, 4.69) is 15.0 Å². The smallest absolute Gasteiger partial charge is 0.274 e. The van der Waals surface area contributed by atoms with Crippen molar-refractivity contribution in [1.29, 1.82) is 0 Å². The van der Waals surface area contributed by atoms with E-state index in [1.54, 1.807) is 24.2 Å². The molecule has 18 heavy (non-hydrogen) atoms. The standard InChI is InChI=1S/C9H13ClN4O2S2/c1-11-9(4-14(15)16)12-2-3-17-6-8-7(10)5-18-13-8/h4-5,11-12H,2-3,6H2,1H3/b9-4-. The molecule has 1 heterocycles. The number of halogens is 1. The Labute approximate surface area is 118 Å². The summed E-state index contributed by atoms with van der Waals surface area (Å²) in [4.78, 5) is 9.77. The molecule has 0 aliphatic carbocycles. The second-order valence-electron chi connectivity index (χ2n) is 3.17. The molecule has 6 nitrogen and oxygen atoms in total. The van der Waals surface area contributed by atoms with Gasteiger partial charge >= 0.3 is 0 Å². The maximum atomic E-state index is 10.3. The summed E-state index contributed by atoms with van der Waals surface area (Å²) in [7, 11) is 1.63. The molecule has 0 aliphatic rings. The van der Waals surface area contributed by atoms with Crippen LogP contribution in [-0.2, 0) is 5.75 Å². The second-order valence-corrected chi connectivity index (χ2v) is 5.31. The third kappa shape index (κ3) is 5.56. The molecule has 0 unspecified atom stereocenters. The van der Waals surface area contributed by atoms with Gasteiger partial charge in [-0.3, -0.25) is 10.1 Å². The molecule has 9 heteroatoms. The Bertz CT molecular complexity index is 424. The minimum Gasteiger partial charge on any atom is -0.370 e. The lowest BCUT2D eigenvalue weighted by atomic mass is 10.5. The lowest BCUT2D eigenvalue weighted by Crippen LogP contribution is -2.26. The number of nitrogens with one attached hydrogen (secondary N) is 2. The minimum atomic E-state index is -0.499. The molecule has 0 radical (unpaired) electrons. The normalized spacial score (nSPS) is 11.3. The zero-order valence-corrected chi connectivity index (χ0v) is 12.1. The highest BCUT2D eigenvalue weighted by Crippen LogP contribution is 2.21. The molecular weight excluding hydrogens is 296 g/mol. The van der Waals surface area contributed by atoms with Gasteiger partial charge in [-0.2, -0.15) is 16.1 Å². The molecule has 0 aromatic carbocycles. The van der Waals surface area contributed by atoms with Crippen LogP contribution < -0.4 is 10.6 Å². The highest BCUT2D eigenvalue weighted by atomic mass is 35.5. The number of nitro groups is 1. The van der Waals surface area contributed by atoms with Gasteiger partial charge in [0.2, 0.25) is 0 Å². The van der Waals surface area contributed by atoms with Crippen molar-refractivity contribution < 1.29 is 4.92 Å². The van der Waals surface area contributed by atoms with Crippen LogP contribution in [0.2, 0.25) is 5.02 Å². The second kappa shape index (κ2) is 8.17. The zero-order chi connectivity index (χ0) is 13.4. The van der Waals surface area contributed by atoms with E-state index >= 15 is 0 Å². The molecule has 1 aromatic heterocycles. The molecule has 0 saturated carbocycles. The van der Waals surface area contributed by atoms with Crippen LogP contribution in [0.5, 0.6) is 0 Å². The predicted octanol–water partition coefficient (Wildman–Crippen LogP) is 1.91. The third-order valence-corrected chi connectivity index (χ3v) is 3.99. The fourth-order valence-corrected chi connectivity index (χ4v) is 2.89. The average Bonchev–Trinajstić information content (AvgIpc) is 2.72. The van der Waals surface area contributed by atoms with Crippen molar-refractivity contribution in [2.45, 2.75) is 5.75 Å². The van der Waals surface area contributed by atoms with E-state index in [4.69, 9.17) is 11.6 Å². The molecule has 100 valence electrons. The Hall–Kier alpha value is -0.990. The van der Waals surface area contributed by atoms with Crippen LogP contribution in [0.3, 0.4) is 0 Å². The molecule has 2 N–H and O–H groups in total. The molecule has 1 aromatic rings. The number of nitrogens with zero attached hydrogens (tertiary/aromatic N) is 2. The number of hydrogen-bond acceptors (Lipinski definition) is 7. The van der Waals surface area contributed by atoms with Crippen LogP contribution in [0.25, 0.3) is 0 Å². The maximum absolute atomic E-state index is 10.3. The first-order valence-electron chi connectivity index (χ1n) is 5.07. The Morgan fingerprint density at radius 3 is 3.11 bits per heavy atom. The summed E-state index contributed by atoms with van der Waals surface area (Å²) >= 11 is 8.92. The third-order valence-electron chi connectivity index (χ3n) is 1.90. The molecule has 0 bridgehead atoms. The van der Waals surface area contributed by atoms with Gasteiger partial charge in [0.05, 0.1) is 15.6 Å². The van der Waals surface area contributed by atoms with Crippen molar-refractivity contribution in [3.05, 3.63) is 38.2 Å². The number of aromatic nitrogens is 1. The average molecular weight is 309 g/mol. The number of hydrogen-bond donors (Lipinski definition) is 2. The van der Waals surface area contributed by atoms with Gasteiger partial charge in [0, 0.05) is 30.5 Å². The van der Waals surface area contributed by atoms with E-state index in [9.17, 15) is 10.1 Å². The highest BCUT2D eigenvalue weighted by molar-refractivity contribution is 7.98. The summed E-state index contributed by atoms with van der Waals surface area (Å²) in [6, 6.07) is 0. The van der Waals surface area contributed by atoms with E-state index in [-0.39, 0.29) is 0 Å². The van der Waals surface area contributed by atoms with Crippen LogP contribution in [0.4, 0.5) is 0 Å². The van der Waals surface area contributed by atoms with E-state index in [0.717, 1.165) is 23.4 Å². The first-order valence-corrected chi connectivity index (χ1v) is 7.44. The molecule has 0 atom stereocenters. The van der Waals surface area contributed by atoms with Gasteiger partial charge in [-0.25, -0.2) is 0 Å². The van der Waals surface area contributed by atoms with Crippen molar-refractivity contribution in [1.82, 2.24) is 15.0 Å². The van der Waals surface area contributed by atoms with Crippen LogP contribution >= 0.6 is 34.9 Å². The van der Waals surface area contributed by atoms with Gasteiger partial charge in [0.25, 0.3) is 6.20 Å². The van der Waals surface area contributed by atoms with E-state index in [1.807, 2.05) is 0 Å². The summed E-state index contributed by atoms with van der Waals surface area (Å²) in [6.45, 7) is 0.632. The van der Waals surface area contributed by atoms with Crippen LogP contribution in [0.15, 0.2) is 17.4 Å². The molecule has 0 spiro atoms. The summed E-state index contributed by atoms with van der Waals surface area (Å²) < 4.78 is 4.16. The Morgan fingerprint density at radius 1 is 1.78 bits per heavy atom. The van der Waals surface area contributed by atoms with Crippen molar-refractivity contribution in [3.8, 4) is 0 Å². The van der Waals surface area contributed by atoms with E-state index in [0.29, 0.717) is 17.4 Å². The summed E-state index contributed by atoms with van der Waals surface area (Å²) in [6.07, 6.45) is 0.905. The SMILES string of the molecule is CN/C(=C/[N+](=O)[O-])NCCSCc1nscc1Cl. The lowest BCUT2D eigenvalue weighted by molar-refractivity contribution is -0.404. The largest absolute Gasteiger partial charge is 0.370 e. The topological polar surface area (TPSA) is 80.1 Å². The van der Waals surface area contributed by atoms with Crippen molar-refractivity contribution in [3.63, 3.8) is 0 Å². The predicted molar refractivity (Wildman–Crippen MR) is 75.4 cm³/mol. The maximum Gasteiger partial charge on any atom is 0.274 e. The Balaban J connectivity index is 2.19. The molecule has 0 saturated heterocycles. The Morgan fingerprint density at radius 2 is 2.56 bits per heavy atom. The van der Waals surface area contributed by atoms with Gasteiger partial charge in [0.15, 0.2) is 5.82 Å². The summed E-state index contributed by atoms with van der Waals surface area (Å²) in [5.41, 5.74) is 0.890. The van der Waals surface area contributed by atoms with Gasteiger partial charge in [-0.1, -0.05) is 11.6 Å². The van der Waals surface area contributed by atoms with Crippen molar-refractivity contribution in [2.75, 3.05) is 19.3 Å². The molecule has 0 amide bonds. The lowest BCUT2D eigenvalue weighted by Gasteiger charge is -2.07. The van der Waals surface area contributed by atoms with Gasteiger partial charge < -0.3 is 10.6 Å². The zero-order valence-electron chi connectivity index (χ0n) is 9.68. The van der Waals surface area contributed by atoms with E-state index in [1.165, 1.54) is 11.5 Å². The fraction of sp³-hybridized carbons (Fsp3) is 0.444. The van der Waals surface area contributed by atoms with E-state index < -0.39 is 4.92 Å².